The largest absolute Gasteiger partial charge is 0.387 e. The van der Waals surface area contributed by atoms with Crippen LogP contribution in [-0.4, -0.2) is 17.6 Å². The van der Waals surface area contributed by atoms with Gasteiger partial charge in [0.25, 0.3) is 5.91 Å². The zero-order chi connectivity index (χ0) is 15.4. The Hall–Kier alpha value is -1.72. The molecule has 0 aliphatic rings. The summed E-state index contributed by atoms with van der Waals surface area (Å²) in [6.07, 6.45) is -0.850. The van der Waals surface area contributed by atoms with Gasteiger partial charge in [-0.2, -0.15) is 0 Å². The van der Waals surface area contributed by atoms with Crippen molar-refractivity contribution >= 4 is 17.2 Å². The highest BCUT2D eigenvalue weighted by atomic mass is 32.1. The Labute approximate surface area is 127 Å². The predicted octanol–water partition coefficient (Wildman–Crippen LogP) is 3.47. The number of halogens is 1. The highest BCUT2D eigenvalue weighted by Crippen LogP contribution is 2.24. The van der Waals surface area contributed by atoms with E-state index in [0.29, 0.717) is 10.4 Å². The summed E-state index contributed by atoms with van der Waals surface area (Å²) >= 11 is 1.39. The first-order valence-electron chi connectivity index (χ1n) is 6.78. The summed E-state index contributed by atoms with van der Waals surface area (Å²) < 4.78 is 12.8. The van der Waals surface area contributed by atoms with Gasteiger partial charge in [-0.25, -0.2) is 4.39 Å². The van der Waals surface area contributed by atoms with Gasteiger partial charge in [0.2, 0.25) is 0 Å². The number of hydrogen-bond acceptors (Lipinski definition) is 3. The van der Waals surface area contributed by atoms with E-state index in [2.05, 4.69) is 5.32 Å². The molecule has 21 heavy (non-hydrogen) atoms. The lowest BCUT2D eigenvalue weighted by Crippen LogP contribution is -2.28. The molecule has 2 rings (SSSR count). The number of rotatable bonds is 5. The van der Waals surface area contributed by atoms with Crippen molar-refractivity contribution in [3.8, 4) is 0 Å². The molecule has 1 aromatic heterocycles. The Kier molecular flexibility index (Phi) is 5.09. The standard InChI is InChI=1S/C16H18FNO2S/c1-10(2)13-7-8-21-15(13)16(20)18-9-14(19)11-3-5-12(17)6-4-11/h3-8,10,14,19H,9H2,1-2H3,(H,18,20). The van der Waals surface area contributed by atoms with Gasteiger partial charge >= 0.3 is 0 Å². The second-order valence-corrected chi connectivity index (χ2v) is 6.05. The SMILES string of the molecule is CC(C)c1ccsc1C(=O)NCC(O)c1ccc(F)cc1. The molecule has 1 amide bonds. The molecule has 0 bridgehead atoms. The van der Waals surface area contributed by atoms with E-state index in [1.807, 2.05) is 25.3 Å². The average Bonchev–Trinajstić information content (AvgIpc) is 2.95. The monoisotopic (exact) mass is 307 g/mol. The van der Waals surface area contributed by atoms with Crippen molar-refractivity contribution in [3.05, 3.63) is 57.5 Å². The van der Waals surface area contributed by atoms with Crippen molar-refractivity contribution in [2.45, 2.75) is 25.9 Å². The van der Waals surface area contributed by atoms with E-state index < -0.39 is 6.10 Å². The van der Waals surface area contributed by atoms with Crippen LogP contribution in [0.25, 0.3) is 0 Å². The first kappa shape index (κ1) is 15.7. The molecule has 0 aliphatic carbocycles. The van der Waals surface area contributed by atoms with Crippen molar-refractivity contribution < 1.29 is 14.3 Å². The smallest absolute Gasteiger partial charge is 0.261 e. The fraction of sp³-hybridized carbons (Fsp3) is 0.312. The lowest BCUT2D eigenvalue weighted by molar-refractivity contribution is 0.0919. The fourth-order valence-corrected chi connectivity index (χ4v) is 3.00. The molecule has 2 aromatic rings. The third-order valence-corrected chi connectivity index (χ3v) is 4.16. The number of aliphatic hydroxyl groups is 1. The van der Waals surface area contributed by atoms with E-state index in [9.17, 15) is 14.3 Å². The molecule has 0 aliphatic heterocycles. The van der Waals surface area contributed by atoms with Crippen LogP contribution in [0.2, 0.25) is 0 Å². The molecule has 0 saturated carbocycles. The van der Waals surface area contributed by atoms with Crippen LogP contribution in [0.1, 0.15) is 46.7 Å². The number of carbonyl (C=O) groups excluding carboxylic acids is 1. The maximum Gasteiger partial charge on any atom is 0.261 e. The van der Waals surface area contributed by atoms with Crippen LogP contribution in [-0.2, 0) is 0 Å². The van der Waals surface area contributed by atoms with E-state index in [4.69, 9.17) is 0 Å². The quantitative estimate of drug-likeness (QED) is 0.888. The first-order chi connectivity index (χ1) is 9.99. The Morgan fingerprint density at radius 1 is 1.29 bits per heavy atom. The molecule has 0 saturated heterocycles. The van der Waals surface area contributed by atoms with Gasteiger partial charge in [0.1, 0.15) is 5.82 Å². The maximum absolute atomic E-state index is 12.8. The molecule has 1 heterocycles. The predicted molar refractivity (Wildman–Crippen MR) is 82.1 cm³/mol. The third kappa shape index (κ3) is 3.89. The molecule has 1 atom stereocenters. The minimum absolute atomic E-state index is 0.0971. The lowest BCUT2D eigenvalue weighted by Gasteiger charge is -2.13. The number of nitrogens with one attached hydrogen (secondary N) is 1. The molecule has 3 nitrogen and oxygen atoms in total. The van der Waals surface area contributed by atoms with Crippen molar-refractivity contribution in [1.82, 2.24) is 5.32 Å². The summed E-state index contributed by atoms with van der Waals surface area (Å²) in [5, 5.41) is 14.6. The molecule has 1 aromatic carbocycles. The number of hydrogen-bond donors (Lipinski definition) is 2. The summed E-state index contributed by atoms with van der Waals surface area (Å²) in [5.74, 6) is -0.260. The van der Waals surface area contributed by atoms with Gasteiger partial charge in [-0.1, -0.05) is 26.0 Å². The lowest BCUT2D eigenvalue weighted by atomic mass is 10.0. The van der Waals surface area contributed by atoms with Gasteiger partial charge in [0.05, 0.1) is 11.0 Å². The molecule has 112 valence electrons. The Morgan fingerprint density at radius 3 is 2.57 bits per heavy atom. The normalized spacial score (nSPS) is 12.4. The van der Waals surface area contributed by atoms with Gasteiger partial charge < -0.3 is 10.4 Å². The first-order valence-corrected chi connectivity index (χ1v) is 7.66. The Bertz CT molecular complexity index is 607. The topological polar surface area (TPSA) is 49.3 Å². The summed E-state index contributed by atoms with van der Waals surface area (Å²) in [5.41, 5.74) is 1.58. The fourth-order valence-electron chi connectivity index (χ4n) is 2.03. The van der Waals surface area contributed by atoms with Crippen LogP contribution >= 0.6 is 11.3 Å². The zero-order valence-corrected chi connectivity index (χ0v) is 12.8. The minimum Gasteiger partial charge on any atom is -0.387 e. The van der Waals surface area contributed by atoms with Crippen molar-refractivity contribution in [2.75, 3.05) is 6.54 Å². The van der Waals surface area contributed by atoms with Crippen molar-refractivity contribution in [1.29, 1.82) is 0 Å². The number of benzene rings is 1. The van der Waals surface area contributed by atoms with Crippen LogP contribution < -0.4 is 5.32 Å². The molecule has 0 spiro atoms. The number of carbonyl (C=O) groups is 1. The number of amides is 1. The van der Waals surface area contributed by atoms with Gasteiger partial charge in [-0.15, -0.1) is 11.3 Å². The van der Waals surface area contributed by atoms with Crippen LogP contribution in [0, 0.1) is 5.82 Å². The highest BCUT2D eigenvalue weighted by Gasteiger charge is 2.16. The van der Waals surface area contributed by atoms with E-state index in [0.717, 1.165) is 5.56 Å². The molecule has 0 radical (unpaired) electrons. The molecule has 2 N–H and O–H groups in total. The van der Waals surface area contributed by atoms with Crippen LogP contribution in [0.5, 0.6) is 0 Å². The van der Waals surface area contributed by atoms with Gasteiger partial charge in [0, 0.05) is 6.54 Å². The molecule has 0 fully saturated rings. The Morgan fingerprint density at radius 2 is 1.95 bits per heavy atom. The minimum atomic E-state index is -0.850. The summed E-state index contributed by atoms with van der Waals surface area (Å²) in [4.78, 5) is 12.8. The molecule has 5 heteroatoms. The molecular weight excluding hydrogens is 289 g/mol. The van der Waals surface area contributed by atoms with E-state index in [1.54, 1.807) is 0 Å². The van der Waals surface area contributed by atoms with Crippen LogP contribution in [0.4, 0.5) is 4.39 Å². The maximum atomic E-state index is 12.8. The van der Waals surface area contributed by atoms with E-state index >= 15 is 0 Å². The number of thiophene rings is 1. The second kappa shape index (κ2) is 6.83. The van der Waals surface area contributed by atoms with Crippen molar-refractivity contribution in [3.63, 3.8) is 0 Å². The van der Waals surface area contributed by atoms with Crippen LogP contribution in [0.3, 0.4) is 0 Å². The van der Waals surface area contributed by atoms with Gasteiger partial charge in [-0.05, 0) is 40.6 Å². The van der Waals surface area contributed by atoms with Crippen LogP contribution in [0.15, 0.2) is 35.7 Å². The second-order valence-electron chi connectivity index (χ2n) is 5.14. The molecular formula is C16H18FNO2S. The van der Waals surface area contributed by atoms with E-state index in [-0.39, 0.29) is 24.2 Å². The number of aliphatic hydroxyl groups excluding tert-OH is 1. The zero-order valence-electron chi connectivity index (χ0n) is 12.0. The summed E-state index contributed by atoms with van der Waals surface area (Å²) in [6.45, 7) is 4.16. The van der Waals surface area contributed by atoms with Gasteiger partial charge in [-0.3, -0.25) is 4.79 Å². The molecule has 1 unspecified atom stereocenters. The summed E-state index contributed by atoms with van der Waals surface area (Å²) in [7, 11) is 0. The van der Waals surface area contributed by atoms with Crippen molar-refractivity contribution in [2.24, 2.45) is 0 Å². The third-order valence-electron chi connectivity index (χ3n) is 3.23. The van der Waals surface area contributed by atoms with E-state index in [1.165, 1.54) is 35.6 Å². The highest BCUT2D eigenvalue weighted by molar-refractivity contribution is 7.12. The summed E-state index contributed by atoms with van der Waals surface area (Å²) in [6, 6.07) is 7.54. The van der Waals surface area contributed by atoms with Gasteiger partial charge in [0.15, 0.2) is 0 Å². The average molecular weight is 307 g/mol. The Balaban J connectivity index is 1.97.